The van der Waals surface area contributed by atoms with Gasteiger partial charge in [-0.2, -0.15) is 0 Å². The minimum Gasteiger partial charge on any atom is -0.493 e. The summed E-state index contributed by atoms with van der Waals surface area (Å²) in [6.45, 7) is 6.16. The van der Waals surface area contributed by atoms with Crippen molar-refractivity contribution in [1.29, 1.82) is 0 Å². The molecule has 1 aliphatic carbocycles. The first-order valence-corrected chi connectivity index (χ1v) is 9.49. The number of fused-ring (bicyclic) bond motifs is 1. The van der Waals surface area contributed by atoms with Crippen molar-refractivity contribution < 1.29 is 28.5 Å². The van der Waals surface area contributed by atoms with Crippen LogP contribution in [0.5, 0.6) is 5.75 Å². The van der Waals surface area contributed by atoms with Gasteiger partial charge >= 0.3 is 6.16 Å². The number of carbonyl (C=O) groups is 2. The number of hydrogen-bond donors (Lipinski definition) is 0. The Morgan fingerprint density at radius 2 is 2.04 bits per heavy atom. The molecule has 3 rings (SSSR count). The van der Waals surface area contributed by atoms with E-state index >= 15 is 0 Å². The van der Waals surface area contributed by atoms with Gasteiger partial charge in [0.05, 0.1) is 12.5 Å². The minimum atomic E-state index is -0.673. The number of para-hydroxylation sites is 1. The average molecular weight is 374 g/mol. The maximum Gasteiger partial charge on any atom is 0.508 e. The molecule has 2 aliphatic rings. The summed E-state index contributed by atoms with van der Waals surface area (Å²) in [5.41, 5.74) is 1.04. The molecule has 1 fully saturated rings. The topological polar surface area (TPSA) is 71.1 Å². The molecular formula is C21H26O6. The highest BCUT2D eigenvalue weighted by Crippen LogP contribution is 2.36. The lowest BCUT2D eigenvalue weighted by Crippen LogP contribution is -2.43. The van der Waals surface area contributed by atoms with Crippen LogP contribution in [0.25, 0.3) is 0 Å². The molecule has 0 bridgehead atoms. The van der Waals surface area contributed by atoms with Gasteiger partial charge in [0, 0.05) is 6.42 Å². The van der Waals surface area contributed by atoms with Crippen LogP contribution >= 0.6 is 0 Å². The van der Waals surface area contributed by atoms with Gasteiger partial charge in [-0.05, 0) is 37.3 Å². The molecule has 6 nitrogen and oxygen atoms in total. The highest BCUT2D eigenvalue weighted by molar-refractivity contribution is 5.96. The lowest BCUT2D eigenvalue weighted by atomic mass is 9.80. The van der Waals surface area contributed by atoms with Gasteiger partial charge in [-0.3, -0.25) is 4.79 Å². The largest absolute Gasteiger partial charge is 0.508 e. The van der Waals surface area contributed by atoms with Crippen molar-refractivity contribution in [3.63, 3.8) is 0 Å². The fourth-order valence-electron chi connectivity index (χ4n) is 3.57. The van der Waals surface area contributed by atoms with E-state index in [1.165, 1.54) is 6.26 Å². The third kappa shape index (κ3) is 4.43. The fourth-order valence-corrected chi connectivity index (χ4v) is 3.57. The summed E-state index contributed by atoms with van der Waals surface area (Å²) >= 11 is 0. The maximum absolute atomic E-state index is 12.9. The number of ether oxygens (including phenoxy) is 4. The SMILES string of the molecule is CCOC(=O)OC1CCC2C(=O)C(Oc3ccccc3C(C)C)=COC2C1. The molecule has 27 heavy (non-hydrogen) atoms. The number of hydrogen-bond acceptors (Lipinski definition) is 6. The van der Waals surface area contributed by atoms with Crippen LogP contribution in [0.15, 0.2) is 36.3 Å². The molecule has 0 aromatic heterocycles. The van der Waals surface area contributed by atoms with Gasteiger partial charge in [0.25, 0.3) is 0 Å². The molecule has 1 aromatic carbocycles. The van der Waals surface area contributed by atoms with Crippen LogP contribution in [0.4, 0.5) is 4.79 Å². The lowest BCUT2D eigenvalue weighted by molar-refractivity contribution is -0.132. The van der Waals surface area contributed by atoms with Crippen LogP contribution in [0.2, 0.25) is 0 Å². The molecule has 3 unspecified atom stereocenters. The second kappa shape index (κ2) is 8.46. The van der Waals surface area contributed by atoms with E-state index in [9.17, 15) is 9.59 Å². The van der Waals surface area contributed by atoms with Gasteiger partial charge in [-0.1, -0.05) is 32.0 Å². The third-order valence-electron chi connectivity index (χ3n) is 4.96. The normalized spacial score (nSPS) is 24.5. The second-order valence-electron chi connectivity index (χ2n) is 7.16. The van der Waals surface area contributed by atoms with Crippen molar-refractivity contribution in [3.8, 4) is 5.75 Å². The second-order valence-corrected chi connectivity index (χ2v) is 7.16. The molecule has 1 heterocycles. The van der Waals surface area contributed by atoms with Crippen molar-refractivity contribution in [1.82, 2.24) is 0 Å². The summed E-state index contributed by atoms with van der Waals surface area (Å²) in [7, 11) is 0. The summed E-state index contributed by atoms with van der Waals surface area (Å²) < 4.78 is 21.8. The maximum atomic E-state index is 12.9. The molecule has 1 aromatic rings. The number of ketones is 1. The standard InChI is InChI=1S/C21H26O6/c1-4-24-21(23)26-14-9-10-16-18(11-14)25-12-19(20(16)22)27-17-8-6-5-7-15(17)13(2)3/h5-8,12-14,16,18H,4,9-11H2,1-3H3. The highest BCUT2D eigenvalue weighted by atomic mass is 16.7. The summed E-state index contributed by atoms with van der Waals surface area (Å²) in [6, 6.07) is 7.70. The van der Waals surface area contributed by atoms with Crippen LogP contribution in [-0.4, -0.2) is 30.8 Å². The van der Waals surface area contributed by atoms with Gasteiger partial charge in [0.2, 0.25) is 11.5 Å². The molecule has 1 saturated carbocycles. The predicted molar refractivity (Wildman–Crippen MR) is 98.4 cm³/mol. The average Bonchev–Trinajstić information content (AvgIpc) is 2.64. The number of allylic oxidation sites excluding steroid dienone is 1. The Labute approximate surface area is 159 Å². The van der Waals surface area contributed by atoms with Crippen LogP contribution < -0.4 is 4.74 Å². The third-order valence-corrected chi connectivity index (χ3v) is 4.96. The number of Topliss-reactive ketones (excluding diaryl/α,β-unsaturated/α-hetero) is 1. The number of carbonyl (C=O) groups excluding carboxylic acids is 2. The Morgan fingerprint density at radius 3 is 2.78 bits per heavy atom. The lowest BCUT2D eigenvalue weighted by Gasteiger charge is -2.36. The van der Waals surface area contributed by atoms with Crippen LogP contribution in [0.1, 0.15) is 51.5 Å². The molecule has 0 N–H and O–H groups in total. The van der Waals surface area contributed by atoms with Crippen molar-refractivity contribution in [2.75, 3.05) is 6.61 Å². The van der Waals surface area contributed by atoms with Gasteiger partial charge in [-0.15, -0.1) is 0 Å². The summed E-state index contributed by atoms with van der Waals surface area (Å²) in [6.07, 6.45) is 1.78. The molecular weight excluding hydrogens is 348 g/mol. The molecule has 0 spiro atoms. The molecule has 0 amide bonds. The Hall–Kier alpha value is -2.50. The summed E-state index contributed by atoms with van der Waals surface area (Å²) in [4.78, 5) is 24.4. The van der Waals surface area contributed by atoms with E-state index in [1.54, 1.807) is 6.92 Å². The van der Waals surface area contributed by atoms with Gasteiger partial charge in [0.15, 0.2) is 0 Å². The van der Waals surface area contributed by atoms with Gasteiger partial charge in [0.1, 0.15) is 24.2 Å². The van der Waals surface area contributed by atoms with Gasteiger partial charge in [-0.25, -0.2) is 4.79 Å². The Bertz CT molecular complexity index is 723. The van der Waals surface area contributed by atoms with Crippen LogP contribution in [0, 0.1) is 5.92 Å². The summed E-state index contributed by atoms with van der Waals surface area (Å²) in [5.74, 6) is 0.852. The first kappa shape index (κ1) is 19.3. The quantitative estimate of drug-likeness (QED) is 0.714. The zero-order valence-electron chi connectivity index (χ0n) is 16.0. The van der Waals surface area contributed by atoms with E-state index in [0.717, 1.165) is 5.56 Å². The molecule has 6 heteroatoms. The number of rotatable bonds is 5. The highest BCUT2D eigenvalue weighted by Gasteiger charge is 2.42. The monoisotopic (exact) mass is 374 g/mol. The molecule has 0 saturated heterocycles. The molecule has 0 radical (unpaired) electrons. The molecule has 146 valence electrons. The van der Waals surface area contributed by atoms with Crippen molar-refractivity contribution in [2.24, 2.45) is 5.92 Å². The van der Waals surface area contributed by atoms with Crippen molar-refractivity contribution >= 4 is 11.9 Å². The van der Waals surface area contributed by atoms with E-state index < -0.39 is 6.16 Å². The zero-order valence-corrected chi connectivity index (χ0v) is 16.0. The Morgan fingerprint density at radius 1 is 1.26 bits per heavy atom. The van der Waals surface area contributed by atoms with Crippen LogP contribution in [-0.2, 0) is 19.0 Å². The zero-order chi connectivity index (χ0) is 19.4. The molecule has 3 atom stereocenters. The van der Waals surface area contributed by atoms with Crippen LogP contribution in [0.3, 0.4) is 0 Å². The predicted octanol–water partition coefficient (Wildman–Crippen LogP) is 4.34. The van der Waals surface area contributed by atoms with E-state index in [2.05, 4.69) is 13.8 Å². The minimum absolute atomic E-state index is 0.0561. The van der Waals surface area contributed by atoms with Gasteiger partial charge < -0.3 is 18.9 Å². The molecule has 1 aliphatic heterocycles. The van der Waals surface area contributed by atoms with E-state index in [-0.39, 0.29) is 42.2 Å². The van der Waals surface area contributed by atoms with E-state index in [4.69, 9.17) is 18.9 Å². The van der Waals surface area contributed by atoms with Crippen molar-refractivity contribution in [2.45, 2.75) is 58.2 Å². The summed E-state index contributed by atoms with van der Waals surface area (Å²) in [5, 5.41) is 0. The van der Waals surface area contributed by atoms with E-state index in [1.807, 2.05) is 24.3 Å². The van der Waals surface area contributed by atoms with Crippen molar-refractivity contribution in [3.05, 3.63) is 41.9 Å². The Kier molecular flexibility index (Phi) is 6.04. The smallest absolute Gasteiger partial charge is 0.493 e. The Balaban J connectivity index is 1.67. The van der Waals surface area contributed by atoms with E-state index in [0.29, 0.717) is 25.0 Å². The fraction of sp³-hybridized carbons (Fsp3) is 0.524. The first-order chi connectivity index (χ1) is 13.0. The number of benzene rings is 1. The first-order valence-electron chi connectivity index (χ1n) is 9.49.